The third-order valence-electron chi connectivity index (χ3n) is 3.66. The van der Waals surface area contributed by atoms with Crippen molar-refractivity contribution in [3.63, 3.8) is 0 Å². The largest absolute Gasteiger partial charge is 0.506 e. The summed E-state index contributed by atoms with van der Waals surface area (Å²) in [7, 11) is -3.95. The van der Waals surface area contributed by atoms with Gasteiger partial charge in [0.05, 0.1) is 16.3 Å². The highest BCUT2D eigenvalue weighted by Crippen LogP contribution is 2.30. The molecule has 3 aromatic rings. The summed E-state index contributed by atoms with van der Waals surface area (Å²) in [6, 6.07) is 9.99. The summed E-state index contributed by atoms with van der Waals surface area (Å²) in [6.45, 7) is 1.64. The van der Waals surface area contributed by atoms with E-state index in [0.717, 1.165) is 6.07 Å². The number of rotatable bonds is 4. The number of hydrogen-bond acceptors (Lipinski definition) is 6. The lowest BCUT2D eigenvalue weighted by Gasteiger charge is -2.01. The molecule has 0 saturated heterocycles. The van der Waals surface area contributed by atoms with Gasteiger partial charge in [0, 0.05) is 11.1 Å². The molecule has 0 aliphatic rings. The SMILES string of the molecule is Cc1[nH]n(-c2ccc(Cl)cc2)c(=O)c1N=Nc1ccc(S(N)(=O)=O)cc1O. The van der Waals surface area contributed by atoms with Crippen molar-refractivity contribution in [2.24, 2.45) is 15.4 Å². The zero-order chi connectivity index (χ0) is 19.8. The van der Waals surface area contributed by atoms with Crippen molar-refractivity contribution < 1.29 is 13.5 Å². The lowest BCUT2D eigenvalue weighted by molar-refractivity contribution is 0.474. The maximum absolute atomic E-state index is 12.6. The first-order valence-electron chi connectivity index (χ1n) is 7.52. The molecule has 0 spiro atoms. The number of aromatic nitrogens is 2. The number of nitrogens with zero attached hydrogens (tertiary/aromatic N) is 3. The number of aromatic amines is 1. The maximum Gasteiger partial charge on any atom is 0.299 e. The van der Waals surface area contributed by atoms with Gasteiger partial charge in [0.15, 0.2) is 5.69 Å². The monoisotopic (exact) mass is 407 g/mol. The molecular formula is C16H14ClN5O4S. The van der Waals surface area contributed by atoms with Crippen LogP contribution in [0.5, 0.6) is 5.75 Å². The van der Waals surface area contributed by atoms with Gasteiger partial charge in [0.1, 0.15) is 11.4 Å². The average Bonchev–Trinajstić information content (AvgIpc) is 2.88. The second-order valence-corrected chi connectivity index (χ2v) is 7.60. The number of phenols is 1. The quantitative estimate of drug-likeness (QED) is 0.571. The summed E-state index contributed by atoms with van der Waals surface area (Å²) >= 11 is 5.85. The predicted molar refractivity (Wildman–Crippen MR) is 99.8 cm³/mol. The highest BCUT2D eigenvalue weighted by molar-refractivity contribution is 7.89. The van der Waals surface area contributed by atoms with E-state index in [4.69, 9.17) is 16.7 Å². The fourth-order valence-electron chi connectivity index (χ4n) is 2.30. The number of primary sulfonamides is 1. The fourth-order valence-corrected chi connectivity index (χ4v) is 2.96. The Morgan fingerprint density at radius 3 is 2.41 bits per heavy atom. The molecule has 4 N–H and O–H groups in total. The van der Waals surface area contributed by atoms with E-state index in [1.165, 1.54) is 16.8 Å². The number of hydrogen-bond donors (Lipinski definition) is 3. The Hall–Kier alpha value is -2.95. The van der Waals surface area contributed by atoms with E-state index in [1.54, 1.807) is 31.2 Å². The van der Waals surface area contributed by atoms with Gasteiger partial charge in [-0.2, -0.15) is 0 Å². The van der Waals surface area contributed by atoms with Gasteiger partial charge in [-0.25, -0.2) is 18.2 Å². The highest BCUT2D eigenvalue weighted by atomic mass is 35.5. The van der Waals surface area contributed by atoms with Crippen molar-refractivity contribution in [2.75, 3.05) is 0 Å². The van der Waals surface area contributed by atoms with Crippen LogP contribution in [0.1, 0.15) is 5.69 Å². The summed E-state index contributed by atoms with van der Waals surface area (Å²) in [5.41, 5.74) is 0.605. The highest BCUT2D eigenvalue weighted by Gasteiger charge is 2.14. The van der Waals surface area contributed by atoms with E-state index in [9.17, 15) is 18.3 Å². The first-order valence-corrected chi connectivity index (χ1v) is 9.44. The van der Waals surface area contributed by atoms with E-state index < -0.39 is 21.3 Å². The molecule has 1 heterocycles. The number of nitrogens with one attached hydrogen (secondary N) is 1. The number of nitrogens with two attached hydrogens (primary N) is 1. The number of halogens is 1. The van der Waals surface area contributed by atoms with Crippen LogP contribution in [0.2, 0.25) is 5.02 Å². The van der Waals surface area contributed by atoms with Crippen molar-refractivity contribution >= 4 is 33.0 Å². The van der Waals surface area contributed by atoms with Crippen LogP contribution < -0.4 is 10.7 Å². The number of phenolic OH excluding ortho intramolecular Hbond substituents is 1. The van der Waals surface area contributed by atoms with Crippen LogP contribution in [0.15, 0.2) is 62.4 Å². The summed E-state index contributed by atoms with van der Waals surface area (Å²) in [4.78, 5) is 12.3. The normalized spacial score (nSPS) is 12.0. The van der Waals surface area contributed by atoms with Gasteiger partial charge in [-0.3, -0.25) is 9.89 Å². The molecule has 2 aromatic carbocycles. The van der Waals surface area contributed by atoms with Gasteiger partial charge >= 0.3 is 0 Å². The fraction of sp³-hybridized carbons (Fsp3) is 0.0625. The zero-order valence-electron chi connectivity index (χ0n) is 13.9. The third-order valence-corrected chi connectivity index (χ3v) is 4.82. The minimum absolute atomic E-state index is 0.0135. The van der Waals surface area contributed by atoms with Crippen LogP contribution in [-0.2, 0) is 10.0 Å². The van der Waals surface area contributed by atoms with E-state index in [0.29, 0.717) is 16.4 Å². The number of sulfonamides is 1. The summed E-state index contributed by atoms with van der Waals surface area (Å²) in [5.74, 6) is -0.434. The number of aromatic hydroxyl groups is 1. The van der Waals surface area contributed by atoms with Gasteiger partial charge < -0.3 is 5.11 Å². The van der Waals surface area contributed by atoms with Crippen LogP contribution in [-0.4, -0.2) is 23.3 Å². The van der Waals surface area contributed by atoms with E-state index >= 15 is 0 Å². The van der Waals surface area contributed by atoms with Crippen LogP contribution >= 0.6 is 11.6 Å². The smallest absolute Gasteiger partial charge is 0.299 e. The molecule has 11 heteroatoms. The van der Waals surface area contributed by atoms with Crippen molar-refractivity contribution in [1.82, 2.24) is 9.78 Å². The number of H-pyrrole nitrogens is 1. The first kappa shape index (κ1) is 18.8. The molecule has 0 saturated carbocycles. The summed E-state index contributed by atoms with van der Waals surface area (Å²) in [5, 5.41) is 26.0. The molecule has 1 aromatic heterocycles. The van der Waals surface area contributed by atoms with Crippen molar-refractivity contribution in [2.45, 2.75) is 11.8 Å². The molecule has 0 atom stereocenters. The Kier molecular flexibility index (Phi) is 4.87. The molecule has 0 aliphatic heterocycles. The molecule has 0 bridgehead atoms. The second-order valence-electron chi connectivity index (χ2n) is 5.60. The Morgan fingerprint density at radius 2 is 1.81 bits per heavy atom. The average molecular weight is 408 g/mol. The van der Waals surface area contributed by atoms with Gasteiger partial charge in [-0.15, -0.1) is 10.2 Å². The summed E-state index contributed by atoms with van der Waals surface area (Å²) in [6.07, 6.45) is 0. The molecule has 0 fully saturated rings. The minimum atomic E-state index is -3.95. The van der Waals surface area contributed by atoms with E-state index in [2.05, 4.69) is 15.3 Å². The lowest BCUT2D eigenvalue weighted by atomic mass is 10.3. The predicted octanol–water partition coefficient (Wildman–Crippen LogP) is 2.90. The Morgan fingerprint density at radius 1 is 1.15 bits per heavy atom. The number of azo groups is 1. The zero-order valence-corrected chi connectivity index (χ0v) is 15.5. The van der Waals surface area contributed by atoms with Crippen LogP contribution in [0.25, 0.3) is 5.69 Å². The topological polar surface area (TPSA) is 143 Å². The molecule has 140 valence electrons. The lowest BCUT2D eigenvalue weighted by Crippen LogP contribution is -2.13. The molecule has 0 amide bonds. The molecule has 3 rings (SSSR count). The van der Waals surface area contributed by atoms with Crippen molar-refractivity contribution in [1.29, 1.82) is 0 Å². The Bertz CT molecular complexity index is 1200. The van der Waals surface area contributed by atoms with Gasteiger partial charge in [-0.05, 0) is 43.3 Å². The van der Waals surface area contributed by atoms with Crippen LogP contribution in [0.3, 0.4) is 0 Å². The standard InChI is InChI=1S/C16H14ClN5O4S/c1-9-15(16(24)22(21-9)11-4-2-10(17)3-5-11)20-19-13-7-6-12(8-14(13)23)27(18,25)26/h2-8,21,23H,1H3,(H2,18,25,26). The molecular weight excluding hydrogens is 394 g/mol. The van der Waals surface area contributed by atoms with Crippen molar-refractivity contribution in [3.8, 4) is 11.4 Å². The van der Waals surface area contributed by atoms with Crippen molar-refractivity contribution in [3.05, 3.63) is 63.5 Å². The third kappa shape index (κ3) is 3.92. The molecule has 9 nitrogen and oxygen atoms in total. The first-order chi connectivity index (χ1) is 12.7. The minimum Gasteiger partial charge on any atom is -0.506 e. The summed E-state index contributed by atoms with van der Waals surface area (Å²) < 4.78 is 23.8. The molecule has 0 unspecified atom stereocenters. The number of benzene rings is 2. The second kappa shape index (κ2) is 6.99. The molecule has 0 aliphatic carbocycles. The van der Waals surface area contributed by atoms with Gasteiger partial charge in [-0.1, -0.05) is 11.6 Å². The Balaban J connectivity index is 1.97. The van der Waals surface area contributed by atoms with Crippen LogP contribution in [0, 0.1) is 6.92 Å². The van der Waals surface area contributed by atoms with E-state index in [-0.39, 0.29) is 16.3 Å². The number of aryl methyl sites for hydroxylation is 1. The van der Waals surface area contributed by atoms with Gasteiger partial charge in [0.25, 0.3) is 5.56 Å². The Labute approximate surface area is 158 Å². The maximum atomic E-state index is 12.6. The van der Waals surface area contributed by atoms with E-state index in [1.807, 2.05) is 0 Å². The molecule has 27 heavy (non-hydrogen) atoms. The van der Waals surface area contributed by atoms with Gasteiger partial charge in [0.2, 0.25) is 10.0 Å². The molecule has 0 radical (unpaired) electrons. The van der Waals surface area contributed by atoms with Crippen LogP contribution in [0.4, 0.5) is 11.4 Å².